The van der Waals surface area contributed by atoms with Gasteiger partial charge in [0.05, 0.1) is 11.6 Å². The Bertz CT molecular complexity index is 599. The summed E-state index contributed by atoms with van der Waals surface area (Å²) < 4.78 is 10.7. The van der Waals surface area contributed by atoms with Crippen molar-refractivity contribution in [2.75, 3.05) is 13.3 Å². The van der Waals surface area contributed by atoms with Crippen LogP contribution in [-0.2, 0) is 6.54 Å². The largest absolute Gasteiger partial charge is 0.454 e. The second-order valence-electron chi connectivity index (χ2n) is 5.29. The lowest BCUT2D eigenvalue weighted by molar-refractivity contribution is 0.174. The van der Waals surface area contributed by atoms with E-state index < -0.39 is 0 Å². The lowest BCUT2D eigenvalue weighted by atomic mass is 10.2. The van der Waals surface area contributed by atoms with Gasteiger partial charge in [0.15, 0.2) is 17.5 Å². The first kappa shape index (κ1) is 18.2. The van der Waals surface area contributed by atoms with Crippen LogP contribution < -0.4 is 20.1 Å². The van der Waals surface area contributed by atoms with Crippen molar-refractivity contribution in [3.63, 3.8) is 0 Å². The molecule has 0 saturated heterocycles. The van der Waals surface area contributed by atoms with Crippen molar-refractivity contribution >= 4 is 41.5 Å². The molecule has 0 atom stereocenters. The van der Waals surface area contributed by atoms with Gasteiger partial charge in [0.1, 0.15) is 0 Å². The molecule has 0 radical (unpaired) electrons. The summed E-state index contributed by atoms with van der Waals surface area (Å²) in [6, 6.07) is 4.23. The summed E-state index contributed by atoms with van der Waals surface area (Å²) in [7, 11) is 0. The Morgan fingerprint density at radius 3 is 2.83 bits per heavy atom. The highest BCUT2D eigenvalue weighted by molar-refractivity contribution is 14.0. The van der Waals surface area contributed by atoms with Crippen molar-refractivity contribution in [3.8, 4) is 11.5 Å². The van der Waals surface area contributed by atoms with Gasteiger partial charge in [-0.2, -0.15) is 0 Å². The predicted molar refractivity (Wildman–Crippen MR) is 103 cm³/mol. The number of fused-ring (bicyclic) bond motifs is 1. The van der Waals surface area contributed by atoms with Gasteiger partial charge in [0, 0.05) is 12.6 Å². The maximum atomic E-state index is 6.20. The van der Waals surface area contributed by atoms with Crippen LogP contribution >= 0.6 is 35.6 Å². The summed E-state index contributed by atoms with van der Waals surface area (Å²) in [5.74, 6) is 2.14. The summed E-state index contributed by atoms with van der Waals surface area (Å²) in [6.45, 7) is 3.64. The van der Waals surface area contributed by atoms with Gasteiger partial charge in [-0.3, -0.25) is 0 Å². The van der Waals surface area contributed by atoms with E-state index in [1.165, 1.54) is 0 Å². The highest BCUT2D eigenvalue weighted by Crippen LogP contribution is 2.39. The molecular formula is C16H21ClIN3O2. The minimum absolute atomic E-state index is 0. The van der Waals surface area contributed by atoms with E-state index in [1.54, 1.807) is 0 Å². The van der Waals surface area contributed by atoms with Gasteiger partial charge in [0.2, 0.25) is 6.79 Å². The number of rotatable bonds is 4. The van der Waals surface area contributed by atoms with Crippen molar-refractivity contribution in [3.05, 3.63) is 34.9 Å². The Morgan fingerprint density at radius 2 is 2.09 bits per heavy atom. The molecule has 0 amide bonds. The van der Waals surface area contributed by atoms with Crippen LogP contribution in [0.3, 0.4) is 0 Å². The lowest BCUT2D eigenvalue weighted by Crippen LogP contribution is -2.42. The standard InChI is InChI=1S/C16H20ClN3O2.HI/c1-2-18-16(20-12-5-3-4-6-12)19-9-11-7-13(17)15-14(8-11)21-10-22-15;/h3-4,7-8,12H,2,5-6,9-10H2,1H3,(H2,18,19,20);1H. The van der Waals surface area contributed by atoms with Gasteiger partial charge in [-0.25, -0.2) is 4.99 Å². The van der Waals surface area contributed by atoms with Gasteiger partial charge in [-0.05, 0) is 37.5 Å². The molecule has 0 unspecified atom stereocenters. The van der Waals surface area contributed by atoms with Crippen molar-refractivity contribution in [2.45, 2.75) is 32.4 Å². The van der Waals surface area contributed by atoms with Gasteiger partial charge in [0.25, 0.3) is 0 Å². The van der Waals surface area contributed by atoms with Gasteiger partial charge in [-0.1, -0.05) is 23.8 Å². The van der Waals surface area contributed by atoms with Crippen LogP contribution in [0.4, 0.5) is 0 Å². The number of nitrogens with one attached hydrogen (secondary N) is 2. The monoisotopic (exact) mass is 449 g/mol. The van der Waals surface area contributed by atoms with Crippen LogP contribution in [0.2, 0.25) is 5.02 Å². The lowest BCUT2D eigenvalue weighted by Gasteiger charge is -2.16. The molecule has 0 bridgehead atoms. The van der Waals surface area contributed by atoms with Gasteiger partial charge in [-0.15, -0.1) is 24.0 Å². The van der Waals surface area contributed by atoms with E-state index in [0.717, 1.165) is 30.9 Å². The number of aliphatic imine (C=N–C) groups is 1. The van der Waals surface area contributed by atoms with Crippen molar-refractivity contribution in [1.82, 2.24) is 10.6 Å². The highest BCUT2D eigenvalue weighted by Gasteiger charge is 2.18. The van der Waals surface area contributed by atoms with Crippen LogP contribution in [0.5, 0.6) is 11.5 Å². The zero-order valence-electron chi connectivity index (χ0n) is 13.0. The molecule has 23 heavy (non-hydrogen) atoms. The van der Waals surface area contributed by atoms with E-state index in [-0.39, 0.29) is 30.8 Å². The molecule has 1 heterocycles. The molecule has 1 aromatic carbocycles. The molecule has 7 heteroatoms. The number of nitrogens with zero attached hydrogens (tertiary/aromatic N) is 1. The molecule has 2 aliphatic rings. The molecule has 0 saturated carbocycles. The fraction of sp³-hybridized carbons (Fsp3) is 0.438. The molecule has 2 N–H and O–H groups in total. The van der Waals surface area contributed by atoms with E-state index in [1.807, 2.05) is 12.1 Å². The molecule has 0 fully saturated rings. The number of benzene rings is 1. The number of guanidine groups is 1. The van der Waals surface area contributed by atoms with Crippen molar-refractivity contribution < 1.29 is 9.47 Å². The van der Waals surface area contributed by atoms with Crippen molar-refractivity contribution in [2.24, 2.45) is 4.99 Å². The summed E-state index contributed by atoms with van der Waals surface area (Å²) in [4.78, 5) is 4.63. The average Bonchev–Trinajstić information content (AvgIpc) is 3.16. The smallest absolute Gasteiger partial charge is 0.231 e. The van der Waals surface area contributed by atoms with E-state index in [4.69, 9.17) is 21.1 Å². The van der Waals surface area contributed by atoms with Crippen molar-refractivity contribution in [1.29, 1.82) is 0 Å². The molecule has 1 aliphatic carbocycles. The Morgan fingerprint density at radius 1 is 1.30 bits per heavy atom. The molecule has 1 aromatic rings. The SMILES string of the molecule is CCNC(=NCc1cc(Cl)c2c(c1)OCO2)NC1CC=CC1.I. The minimum atomic E-state index is 0. The molecular weight excluding hydrogens is 429 g/mol. The maximum absolute atomic E-state index is 6.20. The third kappa shape index (κ3) is 4.67. The van der Waals surface area contributed by atoms with Crippen LogP contribution in [0.25, 0.3) is 0 Å². The summed E-state index contributed by atoms with van der Waals surface area (Å²) in [6.07, 6.45) is 6.47. The number of hydrogen-bond donors (Lipinski definition) is 2. The predicted octanol–water partition coefficient (Wildman–Crippen LogP) is 3.46. The maximum Gasteiger partial charge on any atom is 0.231 e. The number of hydrogen-bond acceptors (Lipinski definition) is 3. The van der Waals surface area contributed by atoms with Crippen LogP contribution in [0.15, 0.2) is 29.3 Å². The fourth-order valence-electron chi connectivity index (χ4n) is 2.53. The second-order valence-corrected chi connectivity index (χ2v) is 5.70. The normalized spacial score (nSPS) is 16.3. The fourth-order valence-corrected chi connectivity index (χ4v) is 2.82. The van der Waals surface area contributed by atoms with Crippen LogP contribution in [0, 0.1) is 0 Å². The van der Waals surface area contributed by atoms with Gasteiger partial charge < -0.3 is 20.1 Å². The third-order valence-corrected chi connectivity index (χ3v) is 3.88. The summed E-state index contributed by atoms with van der Waals surface area (Å²) in [5, 5.41) is 7.28. The average molecular weight is 450 g/mol. The van der Waals surface area contributed by atoms with E-state index in [9.17, 15) is 0 Å². The van der Waals surface area contributed by atoms with Crippen LogP contribution in [-0.4, -0.2) is 25.3 Å². The molecule has 126 valence electrons. The molecule has 3 rings (SSSR count). The minimum Gasteiger partial charge on any atom is -0.454 e. The zero-order chi connectivity index (χ0) is 15.4. The van der Waals surface area contributed by atoms with E-state index in [2.05, 4.69) is 34.7 Å². The molecule has 0 spiro atoms. The summed E-state index contributed by atoms with van der Waals surface area (Å²) in [5.41, 5.74) is 0.996. The Balaban J connectivity index is 0.00000192. The Labute approximate surface area is 158 Å². The first-order chi connectivity index (χ1) is 10.8. The first-order valence-corrected chi connectivity index (χ1v) is 7.92. The second kappa shape index (κ2) is 8.63. The number of halogens is 2. The Hall–Kier alpha value is -1.15. The summed E-state index contributed by atoms with van der Waals surface area (Å²) >= 11 is 6.20. The topological polar surface area (TPSA) is 54.9 Å². The Kier molecular flexibility index (Phi) is 6.83. The number of ether oxygens (including phenoxy) is 2. The molecule has 1 aliphatic heterocycles. The van der Waals surface area contributed by atoms with Crippen LogP contribution in [0.1, 0.15) is 25.3 Å². The quantitative estimate of drug-likeness (QED) is 0.320. The van der Waals surface area contributed by atoms with E-state index >= 15 is 0 Å². The molecule has 0 aromatic heterocycles. The third-order valence-electron chi connectivity index (χ3n) is 3.60. The molecule has 5 nitrogen and oxygen atoms in total. The zero-order valence-corrected chi connectivity index (χ0v) is 16.1. The van der Waals surface area contributed by atoms with E-state index in [0.29, 0.717) is 29.1 Å². The first-order valence-electron chi connectivity index (χ1n) is 7.54. The highest BCUT2D eigenvalue weighted by atomic mass is 127. The van der Waals surface area contributed by atoms with Gasteiger partial charge >= 0.3 is 0 Å².